The molecule has 0 radical (unpaired) electrons. The van der Waals surface area contributed by atoms with Crippen LogP contribution in [0.3, 0.4) is 0 Å². The van der Waals surface area contributed by atoms with Gasteiger partial charge in [-0.15, -0.1) is 17.8 Å². The summed E-state index contributed by atoms with van der Waals surface area (Å²) in [6.07, 6.45) is 13.5. The molecule has 2 fully saturated rings. The molecule has 1 aliphatic carbocycles. The number of amides is 1. The maximum Gasteiger partial charge on any atom is 0.408 e. The van der Waals surface area contributed by atoms with Crippen molar-refractivity contribution in [3.8, 4) is 33.5 Å². The number of pyridine rings is 1. The van der Waals surface area contributed by atoms with Crippen molar-refractivity contribution in [2.75, 3.05) is 18.0 Å². The van der Waals surface area contributed by atoms with Gasteiger partial charge in [0.25, 0.3) is 0 Å². The molecule has 1 saturated heterocycles. The van der Waals surface area contributed by atoms with Crippen LogP contribution in [-0.4, -0.2) is 44.9 Å². The minimum absolute atomic E-state index is 0.278. The van der Waals surface area contributed by atoms with Crippen LogP contribution in [0.1, 0.15) is 37.8 Å². The summed E-state index contributed by atoms with van der Waals surface area (Å²) >= 11 is 1.61. The van der Waals surface area contributed by atoms with E-state index in [2.05, 4.69) is 31.3 Å². The molecule has 32 heavy (non-hydrogen) atoms. The van der Waals surface area contributed by atoms with Crippen molar-refractivity contribution in [1.29, 1.82) is 0 Å². The minimum atomic E-state index is -0.710. The van der Waals surface area contributed by atoms with Crippen molar-refractivity contribution in [1.82, 2.24) is 25.5 Å². The Bertz CT molecular complexity index is 1140. The lowest BCUT2D eigenvalue weighted by molar-refractivity contribution is 0.112. The second-order valence-electron chi connectivity index (χ2n) is 8.12. The number of carbonyl (C=O) groups excluding carboxylic acids is 1. The molecule has 3 aromatic rings. The molecule has 1 amide bonds. The van der Waals surface area contributed by atoms with Crippen molar-refractivity contribution >= 4 is 23.2 Å². The van der Waals surface area contributed by atoms with Crippen LogP contribution in [0.4, 0.5) is 10.6 Å². The molecule has 2 N–H and O–H groups in total. The summed E-state index contributed by atoms with van der Waals surface area (Å²) in [6, 6.07) is 5.88. The number of nitrogens with zero attached hydrogens (tertiary/aromatic N) is 4. The first-order valence-electron chi connectivity index (χ1n) is 10.8. The molecule has 0 aromatic carbocycles. The van der Waals surface area contributed by atoms with Gasteiger partial charge in [-0.3, -0.25) is 10.1 Å². The Morgan fingerprint density at radius 1 is 1.34 bits per heavy atom. The summed E-state index contributed by atoms with van der Waals surface area (Å²) in [7, 11) is 0. The Labute approximate surface area is 190 Å². The van der Waals surface area contributed by atoms with Gasteiger partial charge >= 0.3 is 6.09 Å². The van der Waals surface area contributed by atoms with E-state index in [1.807, 2.05) is 24.4 Å². The molecule has 1 saturated carbocycles. The minimum Gasteiger partial charge on any atom is -0.430 e. The van der Waals surface area contributed by atoms with Gasteiger partial charge in [0.05, 0.1) is 17.1 Å². The van der Waals surface area contributed by atoms with Gasteiger partial charge in [0, 0.05) is 43.9 Å². The third kappa shape index (κ3) is 4.32. The highest BCUT2D eigenvalue weighted by Crippen LogP contribution is 2.40. The second kappa shape index (κ2) is 8.63. The van der Waals surface area contributed by atoms with E-state index < -0.39 is 11.7 Å². The largest absolute Gasteiger partial charge is 0.430 e. The normalized spacial score (nSPS) is 16.9. The molecule has 0 atom stereocenters. The van der Waals surface area contributed by atoms with Crippen molar-refractivity contribution < 1.29 is 9.53 Å². The SMILES string of the molecule is C#CC1(OC(=O)NCc2cc(-c3sc(-c4cccnc4)nc3N3CCCCC3)n[nH]2)CC1. The average Bonchev–Trinajstić information content (AvgIpc) is 3.24. The first-order valence-corrected chi connectivity index (χ1v) is 11.6. The summed E-state index contributed by atoms with van der Waals surface area (Å²) < 4.78 is 5.32. The molecular weight excluding hydrogens is 424 g/mol. The highest BCUT2D eigenvalue weighted by molar-refractivity contribution is 7.19. The Morgan fingerprint density at radius 3 is 2.91 bits per heavy atom. The van der Waals surface area contributed by atoms with Crippen molar-refractivity contribution in [3.05, 3.63) is 36.3 Å². The maximum atomic E-state index is 12.0. The summed E-state index contributed by atoms with van der Waals surface area (Å²) in [5.74, 6) is 3.50. The lowest BCUT2D eigenvalue weighted by atomic mass is 10.1. The second-order valence-corrected chi connectivity index (χ2v) is 9.12. The fourth-order valence-electron chi connectivity index (χ4n) is 3.75. The first kappa shape index (κ1) is 20.5. The van der Waals surface area contributed by atoms with E-state index in [0.29, 0.717) is 0 Å². The number of carbonyl (C=O) groups is 1. The summed E-state index contributed by atoms with van der Waals surface area (Å²) in [5.41, 5.74) is 1.87. The van der Waals surface area contributed by atoms with Gasteiger partial charge < -0.3 is 15.0 Å². The molecule has 5 rings (SSSR count). The molecule has 164 valence electrons. The third-order valence-corrected chi connectivity index (χ3v) is 6.83. The molecule has 0 bridgehead atoms. The smallest absolute Gasteiger partial charge is 0.408 e. The number of aromatic amines is 1. The van der Waals surface area contributed by atoms with Crippen LogP contribution in [0, 0.1) is 12.3 Å². The summed E-state index contributed by atoms with van der Waals surface area (Å²) in [6.45, 7) is 2.26. The number of alkyl carbamates (subject to hydrolysis) is 1. The number of nitrogens with one attached hydrogen (secondary N) is 2. The molecule has 2 aliphatic rings. The summed E-state index contributed by atoms with van der Waals surface area (Å²) in [4.78, 5) is 24.6. The van der Waals surface area contributed by atoms with Crippen LogP contribution in [0.5, 0.6) is 0 Å². The van der Waals surface area contributed by atoms with E-state index in [4.69, 9.17) is 16.1 Å². The van der Waals surface area contributed by atoms with Gasteiger partial charge in [-0.05, 0) is 37.5 Å². The number of anilines is 1. The predicted molar refractivity (Wildman–Crippen MR) is 123 cm³/mol. The van der Waals surface area contributed by atoms with Gasteiger partial charge in [0.15, 0.2) is 5.60 Å². The van der Waals surface area contributed by atoms with Crippen LogP contribution in [0.2, 0.25) is 0 Å². The van der Waals surface area contributed by atoms with E-state index in [1.165, 1.54) is 6.42 Å². The van der Waals surface area contributed by atoms with Crippen molar-refractivity contribution in [2.24, 2.45) is 0 Å². The number of H-pyrrole nitrogens is 1. The Kier molecular flexibility index (Phi) is 5.53. The average molecular weight is 449 g/mol. The van der Waals surface area contributed by atoms with E-state index >= 15 is 0 Å². The molecule has 3 aromatic heterocycles. The Hall–Kier alpha value is -3.38. The predicted octanol–water partition coefficient (Wildman–Crippen LogP) is 3.98. The van der Waals surface area contributed by atoms with Crippen LogP contribution >= 0.6 is 11.3 Å². The third-order valence-electron chi connectivity index (χ3n) is 5.72. The van der Waals surface area contributed by atoms with Crippen LogP contribution in [0.25, 0.3) is 21.1 Å². The molecule has 0 spiro atoms. The number of aromatic nitrogens is 4. The molecular formula is C23H24N6O2S. The van der Waals surface area contributed by atoms with E-state index in [9.17, 15) is 4.79 Å². The summed E-state index contributed by atoms with van der Waals surface area (Å²) in [5, 5.41) is 11.2. The van der Waals surface area contributed by atoms with E-state index in [0.717, 1.165) is 71.4 Å². The standard InChI is InChI=1S/C23H24N6O2S/c1-2-23(8-9-23)31-22(30)25-15-17-13-18(28-27-17)19-20(29-11-4-3-5-12-29)26-21(32-19)16-7-6-10-24-14-16/h1,6-7,10,13-14H,3-5,8-9,11-12,15H2,(H,25,30)(H,27,28). The Balaban J connectivity index is 1.35. The number of thiazole rings is 1. The molecule has 0 unspecified atom stereocenters. The fourth-order valence-corrected chi connectivity index (χ4v) is 4.79. The Morgan fingerprint density at radius 2 is 2.19 bits per heavy atom. The highest BCUT2D eigenvalue weighted by atomic mass is 32.1. The van der Waals surface area contributed by atoms with Crippen LogP contribution in [0.15, 0.2) is 30.6 Å². The number of terminal acetylenes is 1. The van der Waals surface area contributed by atoms with Gasteiger partial charge in [-0.1, -0.05) is 5.92 Å². The van der Waals surface area contributed by atoms with E-state index in [-0.39, 0.29) is 6.54 Å². The van der Waals surface area contributed by atoms with Gasteiger partial charge in [0.1, 0.15) is 16.5 Å². The van der Waals surface area contributed by atoms with Gasteiger partial charge in [-0.25, -0.2) is 9.78 Å². The molecule has 8 nitrogen and oxygen atoms in total. The zero-order valence-corrected chi connectivity index (χ0v) is 18.5. The van der Waals surface area contributed by atoms with E-state index in [1.54, 1.807) is 17.5 Å². The van der Waals surface area contributed by atoms with Crippen LogP contribution in [-0.2, 0) is 11.3 Å². The van der Waals surface area contributed by atoms with Crippen molar-refractivity contribution in [2.45, 2.75) is 44.2 Å². The molecule has 1 aliphatic heterocycles. The lowest BCUT2D eigenvalue weighted by Gasteiger charge is -2.27. The van der Waals surface area contributed by atoms with Crippen LogP contribution < -0.4 is 10.2 Å². The van der Waals surface area contributed by atoms with Gasteiger partial charge in [0.2, 0.25) is 0 Å². The quantitative estimate of drug-likeness (QED) is 0.554. The van der Waals surface area contributed by atoms with Crippen molar-refractivity contribution in [3.63, 3.8) is 0 Å². The number of piperidine rings is 1. The monoisotopic (exact) mass is 448 g/mol. The first-order chi connectivity index (χ1) is 15.7. The van der Waals surface area contributed by atoms with Gasteiger partial charge in [-0.2, -0.15) is 5.10 Å². The topological polar surface area (TPSA) is 96.0 Å². The maximum absolute atomic E-state index is 12.0. The number of ether oxygens (including phenoxy) is 1. The zero-order valence-electron chi connectivity index (χ0n) is 17.6. The lowest BCUT2D eigenvalue weighted by Crippen LogP contribution is -2.30. The molecule has 4 heterocycles. The fraction of sp³-hybridized carbons (Fsp3) is 0.391. The molecule has 9 heteroatoms. The number of rotatable bonds is 6. The number of hydrogen-bond acceptors (Lipinski definition) is 7. The highest BCUT2D eigenvalue weighted by Gasteiger charge is 2.45. The zero-order chi connectivity index (χ0) is 22.0. The number of hydrogen-bond donors (Lipinski definition) is 2.